The van der Waals surface area contributed by atoms with Crippen LogP contribution in [0, 0.1) is 0 Å². The smallest absolute Gasteiger partial charge is 0.330 e. The van der Waals surface area contributed by atoms with Crippen LogP contribution in [0.25, 0.3) is 0 Å². The zero-order chi connectivity index (χ0) is 17.3. The molecule has 0 fully saturated rings. The van der Waals surface area contributed by atoms with E-state index in [0.29, 0.717) is 6.61 Å². The summed E-state index contributed by atoms with van der Waals surface area (Å²) in [7, 11) is 2.92. The maximum absolute atomic E-state index is 12.4. The van der Waals surface area contributed by atoms with Crippen LogP contribution in [0.15, 0.2) is 40.1 Å². The van der Waals surface area contributed by atoms with Gasteiger partial charge in [0.2, 0.25) is 5.91 Å². The summed E-state index contributed by atoms with van der Waals surface area (Å²) in [5.74, 6) is 0.596. The van der Waals surface area contributed by atoms with E-state index in [2.05, 4.69) is 5.32 Å². The van der Waals surface area contributed by atoms with E-state index in [-0.39, 0.29) is 23.9 Å². The van der Waals surface area contributed by atoms with Crippen molar-refractivity contribution in [1.29, 1.82) is 0 Å². The SMILES string of the molecule is Cn1cc(NC(=O)C[C@@H]2CCOc3ccccc32)c(=O)n(C)c1=O. The van der Waals surface area contributed by atoms with E-state index in [1.54, 1.807) is 0 Å². The number of rotatable bonds is 3. The second-order valence-electron chi connectivity index (χ2n) is 5.92. The summed E-state index contributed by atoms with van der Waals surface area (Å²) >= 11 is 0. The Bertz CT molecular complexity index is 897. The molecule has 1 atom stereocenters. The molecule has 1 aromatic heterocycles. The summed E-state index contributed by atoms with van der Waals surface area (Å²) in [6.07, 6.45) is 2.35. The van der Waals surface area contributed by atoms with Crippen LogP contribution in [-0.2, 0) is 18.9 Å². The highest BCUT2D eigenvalue weighted by molar-refractivity contribution is 5.91. The van der Waals surface area contributed by atoms with Gasteiger partial charge in [-0.05, 0) is 24.0 Å². The quantitative estimate of drug-likeness (QED) is 0.910. The normalized spacial score (nSPS) is 16.2. The van der Waals surface area contributed by atoms with Crippen LogP contribution < -0.4 is 21.3 Å². The number of fused-ring (bicyclic) bond motifs is 1. The number of nitrogens with one attached hydrogen (secondary N) is 1. The number of para-hydroxylation sites is 1. The number of benzene rings is 1. The first kappa shape index (κ1) is 16.0. The number of hydrogen-bond donors (Lipinski definition) is 1. The highest BCUT2D eigenvalue weighted by Gasteiger charge is 2.24. The van der Waals surface area contributed by atoms with Crippen LogP contribution in [0.5, 0.6) is 5.75 Å². The number of aryl methyl sites for hydroxylation is 1. The fourth-order valence-electron chi connectivity index (χ4n) is 2.95. The lowest BCUT2D eigenvalue weighted by Crippen LogP contribution is -2.38. The third-order valence-electron chi connectivity index (χ3n) is 4.24. The molecule has 0 spiro atoms. The first-order chi connectivity index (χ1) is 11.5. The lowest BCUT2D eigenvalue weighted by atomic mass is 9.90. The molecular formula is C17H19N3O4. The average molecular weight is 329 g/mol. The van der Waals surface area contributed by atoms with E-state index < -0.39 is 11.2 Å². The number of amides is 1. The predicted molar refractivity (Wildman–Crippen MR) is 89.5 cm³/mol. The Morgan fingerprint density at radius 3 is 2.83 bits per heavy atom. The van der Waals surface area contributed by atoms with E-state index in [4.69, 9.17) is 4.74 Å². The van der Waals surface area contributed by atoms with Gasteiger partial charge in [-0.25, -0.2) is 4.79 Å². The summed E-state index contributed by atoms with van der Waals surface area (Å²) in [5.41, 5.74) is 0.160. The molecule has 24 heavy (non-hydrogen) atoms. The van der Waals surface area contributed by atoms with Crippen LogP contribution in [-0.4, -0.2) is 21.6 Å². The molecule has 3 rings (SSSR count). The van der Waals surface area contributed by atoms with Crippen molar-refractivity contribution in [1.82, 2.24) is 9.13 Å². The molecule has 1 N–H and O–H groups in total. The Morgan fingerprint density at radius 1 is 1.29 bits per heavy atom. The number of aromatic nitrogens is 2. The molecule has 1 aliphatic rings. The zero-order valence-corrected chi connectivity index (χ0v) is 13.6. The van der Waals surface area contributed by atoms with Gasteiger partial charge in [-0.1, -0.05) is 18.2 Å². The predicted octanol–water partition coefficient (Wildman–Crippen LogP) is 0.979. The molecule has 2 aromatic rings. The van der Waals surface area contributed by atoms with E-state index >= 15 is 0 Å². The topological polar surface area (TPSA) is 82.3 Å². The third-order valence-corrected chi connectivity index (χ3v) is 4.24. The fraction of sp³-hybridized carbons (Fsp3) is 0.353. The average Bonchev–Trinajstić information content (AvgIpc) is 2.58. The largest absolute Gasteiger partial charge is 0.493 e. The van der Waals surface area contributed by atoms with Gasteiger partial charge >= 0.3 is 5.69 Å². The molecule has 126 valence electrons. The Labute approximate surface area is 138 Å². The summed E-state index contributed by atoms with van der Waals surface area (Å²) < 4.78 is 7.83. The zero-order valence-electron chi connectivity index (χ0n) is 13.6. The number of hydrogen-bond acceptors (Lipinski definition) is 4. The maximum atomic E-state index is 12.4. The minimum absolute atomic E-state index is 0.0475. The van der Waals surface area contributed by atoms with E-state index in [1.807, 2.05) is 24.3 Å². The van der Waals surface area contributed by atoms with Gasteiger partial charge in [0.25, 0.3) is 5.56 Å². The molecule has 0 unspecified atom stereocenters. The number of carbonyl (C=O) groups excluding carboxylic acids is 1. The van der Waals surface area contributed by atoms with Crippen LogP contribution in [0.1, 0.15) is 24.3 Å². The summed E-state index contributed by atoms with van der Waals surface area (Å²) in [6, 6.07) is 7.66. The lowest BCUT2D eigenvalue weighted by Gasteiger charge is -2.25. The Hall–Kier alpha value is -2.83. The second-order valence-corrected chi connectivity index (χ2v) is 5.92. The van der Waals surface area contributed by atoms with Crippen molar-refractivity contribution in [2.24, 2.45) is 14.1 Å². The van der Waals surface area contributed by atoms with Gasteiger partial charge in [-0.3, -0.25) is 14.2 Å². The molecule has 1 aromatic carbocycles. The Balaban J connectivity index is 1.78. The number of nitrogens with zero attached hydrogens (tertiary/aromatic N) is 2. The van der Waals surface area contributed by atoms with Crippen LogP contribution in [0.4, 0.5) is 5.69 Å². The minimum Gasteiger partial charge on any atom is -0.493 e. The molecule has 0 saturated heterocycles. The maximum Gasteiger partial charge on any atom is 0.330 e. The number of anilines is 1. The fourth-order valence-corrected chi connectivity index (χ4v) is 2.95. The Morgan fingerprint density at radius 2 is 2.04 bits per heavy atom. The minimum atomic E-state index is -0.515. The highest BCUT2D eigenvalue weighted by Crippen LogP contribution is 2.35. The van der Waals surface area contributed by atoms with Crippen molar-refractivity contribution in [3.63, 3.8) is 0 Å². The third kappa shape index (κ3) is 2.97. The second kappa shape index (κ2) is 6.35. The summed E-state index contributed by atoms with van der Waals surface area (Å²) in [6.45, 7) is 0.566. The number of carbonyl (C=O) groups is 1. The summed E-state index contributed by atoms with van der Waals surface area (Å²) in [5, 5.41) is 2.62. The monoisotopic (exact) mass is 329 g/mol. The van der Waals surface area contributed by atoms with Crippen LogP contribution in [0.3, 0.4) is 0 Å². The van der Waals surface area contributed by atoms with Crippen LogP contribution in [0.2, 0.25) is 0 Å². The molecule has 0 bridgehead atoms. The molecule has 7 heteroatoms. The summed E-state index contributed by atoms with van der Waals surface area (Å²) in [4.78, 5) is 36.1. The van der Waals surface area contributed by atoms with Gasteiger partial charge in [0.15, 0.2) is 0 Å². The molecule has 1 amide bonds. The number of ether oxygens (including phenoxy) is 1. The molecule has 0 radical (unpaired) electrons. The van der Waals surface area contributed by atoms with Crippen LogP contribution >= 0.6 is 0 Å². The molecule has 0 aliphatic carbocycles. The highest BCUT2D eigenvalue weighted by atomic mass is 16.5. The van der Waals surface area contributed by atoms with Gasteiger partial charge in [0.05, 0.1) is 6.61 Å². The van der Waals surface area contributed by atoms with E-state index in [0.717, 1.165) is 22.3 Å². The molecule has 1 aliphatic heterocycles. The Kier molecular flexibility index (Phi) is 4.24. The van der Waals surface area contributed by atoms with Crippen molar-refractivity contribution >= 4 is 11.6 Å². The first-order valence-corrected chi connectivity index (χ1v) is 7.75. The van der Waals surface area contributed by atoms with Crippen molar-refractivity contribution in [2.45, 2.75) is 18.8 Å². The molecule has 0 saturated carbocycles. The molecule has 2 heterocycles. The van der Waals surface area contributed by atoms with Crippen molar-refractivity contribution < 1.29 is 9.53 Å². The lowest BCUT2D eigenvalue weighted by molar-refractivity contribution is -0.116. The van der Waals surface area contributed by atoms with Crippen molar-refractivity contribution in [3.05, 3.63) is 56.9 Å². The van der Waals surface area contributed by atoms with Gasteiger partial charge in [0, 0.05) is 26.7 Å². The van der Waals surface area contributed by atoms with Gasteiger partial charge in [0.1, 0.15) is 11.4 Å². The molecular weight excluding hydrogens is 310 g/mol. The van der Waals surface area contributed by atoms with Crippen molar-refractivity contribution in [3.8, 4) is 5.75 Å². The van der Waals surface area contributed by atoms with Gasteiger partial charge in [-0.15, -0.1) is 0 Å². The van der Waals surface area contributed by atoms with E-state index in [9.17, 15) is 14.4 Å². The first-order valence-electron chi connectivity index (χ1n) is 7.75. The van der Waals surface area contributed by atoms with Gasteiger partial charge < -0.3 is 14.6 Å². The van der Waals surface area contributed by atoms with Crippen molar-refractivity contribution in [2.75, 3.05) is 11.9 Å². The standard InChI is InChI=1S/C17H19N3O4/c1-19-10-13(16(22)20(2)17(19)23)18-15(21)9-11-7-8-24-14-6-4-3-5-12(11)14/h3-6,10-11H,7-9H2,1-2H3,(H,18,21)/t11-/m0/s1. The van der Waals surface area contributed by atoms with Gasteiger partial charge in [-0.2, -0.15) is 0 Å². The molecule has 7 nitrogen and oxygen atoms in total. The van der Waals surface area contributed by atoms with E-state index in [1.165, 1.54) is 24.9 Å².